The Bertz CT molecular complexity index is 371. The van der Waals surface area contributed by atoms with Gasteiger partial charge in [-0.1, -0.05) is 0 Å². The van der Waals surface area contributed by atoms with Crippen LogP contribution in [0.2, 0.25) is 0 Å². The Balaban J connectivity index is 2.35. The molecule has 114 valence electrons. The summed E-state index contributed by atoms with van der Waals surface area (Å²) >= 11 is 0. The number of amides is 2. The number of ether oxygens (including phenoxy) is 1. The summed E-state index contributed by atoms with van der Waals surface area (Å²) in [7, 11) is 0. The van der Waals surface area contributed by atoms with Crippen LogP contribution in [0, 0.1) is 0 Å². The molecule has 1 heterocycles. The van der Waals surface area contributed by atoms with Crippen LogP contribution in [0.5, 0.6) is 0 Å². The molecule has 1 aliphatic rings. The van der Waals surface area contributed by atoms with Crippen molar-refractivity contribution in [2.24, 2.45) is 5.73 Å². The highest BCUT2D eigenvalue weighted by Gasteiger charge is 2.26. The monoisotopic (exact) mass is 284 g/mol. The third kappa shape index (κ3) is 5.69. The minimum absolute atomic E-state index is 0.0908. The van der Waals surface area contributed by atoms with Gasteiger partial charge in [-0.15, -0.1) is 0 Å². The van der Waals surface area contributed by atoms with Crippen molar-refractivity contribution in [2.45, 2.75) is 64.5 Å². The molecule has 1 rings (SSSR count). The molecule has 0 radical (unpaired) electrons. The summed E-state index contributed by atoms with van der Waals surface area (Å²) in [6.07, 6.45) is 1.95. The number of piperidine rings is 1. The maximum atomic E-state index is 11.6. The summed E-state index contributed by atoms with van der Waals surface area (Å²) < 4.78 is 5.18. The molecule has 2 N–H and O–H groups in total. The molecular formula is C14H24N2O4. The lowest BCUT2D eigenvalue weighted by molar-refractivity contribution is -0.155. The maximum Gasteiger partial charge on any atom is 0.307 e. The number of hydrogen-bond acceptors (Lipinski definition) is 5. The normalized spacial score (nSPS) is 18.1. The van der Waals surface area contributed by atoms with Crippen molar-refractivity contribution in [3.63, 3.8) is 0 Å². The highest BCUT2D eigenvalue weighted by Crippen LogP contribution is 2.14. The van der Waals surface area contributed by atoms with E-state index in [0.29, 0.717) is 25.7 Å². The third-order valence-corrected chi connectivity index (χ3v) is 2.96. The van der Waals surface area contributed by atoms with E-state index >= 15 is 0 Å². The van der Waals surface area contributed by atoms with Gasteiger partial charge in [-0.2, -0.15) is 0 Å². The van der Waals surface area contributed by atoms with Gasteiger partial charge in [0.1, 0.15) is 5.60 Å². The molecule has 6 heteroatoms. The molecule has 1 atom stereocenters. The van der Waals surface area contributed by atoms with Gasteiger partial charge in [0.25, 0.3) is 0 Å². The Labute approximate surface area is 119 Å². The van der Waals surface area contributed by atoms with E-state index in [4.69, 9.17) is 10.5 Å². The van der Waals surface area contributed by atoms with Gasteiger partial charge in [0.2, 0.25) is 11.8 Å². The average molecular weight is 284 g/mol. The largest absolute Gasteiger partial charge is 0.460 e. The molecule has 2 amide bonds. The number of imide groups is 1. The molecule has 0 unspecified atom stereocenters. The quantitative estimate of drug-likeness (QED) is 0.600. The average Bonchev–Trinajstić information content (AvgIpc) is 2.25. The minimum Gasteiger partial charge on any atom is -0.460 e. The summed E-state index contributed by atoms with van der Waals surface area (Å²) in [6, 6.07) is -0.410. The second-order valence-electron chi connectivity index (χ2n) is 6.13. The summed E-state index contributed by atoms with van der Waals surface area (Å²) in [4.78, 5) is 36.0. The first-order valence-electron chi connectivity index (χ1n) is 6.99. The second kappa shape index (κ2) is 6.83. The molecule has 0 aromatic heterocycles. The number of carbonyl (C=O) groups is 3. The Morgan fingerprint density at radius 1 is 1.30 bits per heavy atom. The van der Waals surface area contributed by atoms with Gasteiger partial charge in [-0.3, -0.25) is 19.3 Å². The standard InChI is InChI=1S/C14H24N2O4/c1-14(2,3)20-13(19)9-10(15)7-8-16-11(17)5-4-6-12(16)18/h10H,4-9,15H2,1-3H3/t10-/m0/s1. The maximum absolute atomic E-state index is 11.6. The SMILES string of the molecule is CC(C)(C)OC(=O)C[C@@H](N)CCN1C(=O)CCCC1=O. The van der Waals surface area contributed by atoms with E-state index in [9.17, 15) is 14.4 Å². The van der Waals surface area contributed by atoms with Crippen LogP contribution >= 0.6 is 0 Å². The van der Waals surface area contributed by atoms with Crippen molar-refractivity contribution in [3.8, 4) is 0 Å². The number of hydrogen-bond donors (Lipinski definition) is 1. The van der Waals surface area contributed by atoms with Crippen LogP contribution in [-0.4, -0.2) is 40.9 Å². The van der Waals surface area contributed by atoms with Crippen LogP contribution in [-0.2, 0) is 19.1 Å². The molecular weight excluding hydrogens is 260 g/mol. The topological polar surface area (TPSA) is 89.7 Å². The number of esters is 1. The van der Waals surface area contributed by atoms with Crippen LogP contribution in [0.3, 0.4) is 0 Å². The molecule has 0 aliphatic carbocycles. The molecule has 0 aromatic carbocycles. The lowest BCUT2D eigenvalue weighted by Gasteiger charge is -2.26. The Hall–Kier alpha value is -1.43. The first-order chi connectivity index (χ1) is 9.19. The molecule has 20 heavy (non-hydrogen) atoms. The van der Waals surface area contributed by atoms with Crippen LogP contribution in [0.1, 0.15) is 52.9 Å². The number of nitrogens with zero attached hydrogens (tertiary/aromatic N) is 1. The number of rotatable bonds is 5. The van der Waals surface area contributed by atoms with Gasteiger partial charge in [-0.25, -0.2) is 0 Å². The molecule has 6 nitrogen and oxygen atoms in total. The van der Waals surface area contributed by atoms with Gasteiger partial charge < -0.3 is 10.5 Å². The van der Waals surface area contributed by atoms with Gasteiger partial charge >= 0.3 is 5.97 Å². The molecule has 0 aromatic rings. The zero-order chi connectivity index (χ0) is 15.3. The second-order valence-corrected chi connectivity index (χ2v) is 6.13. The van der Waals surface area contributed by atoms with Crippen molar-refractivity contribution >= 4 is 17.8 Å². The van der Waals surface area contributed by atoms with E-state index in [2.05, 4.69) is 0 Å². The highest BCUT2D eigenvalue weighted by molar-refractivity contribution is 5.97. The van der Waals surface area contributed by atoms with E-state index in [0.717, 1.165) is 0 Å². The predicted molar refractivity (Wildman–Crippen MR) is 73.6 cm³/mol. The van der Waals surface area contributed by atoms with Crippen molar-refractivity contribution in [1.82, 2.24) is 4.90 Å². The lowest BCUT2D eigenvalue weighted by Crippen LogP contribution is -2.42. The molecule has 0 bridgehead atoms. The van der Waals surface area contributed by atoms with E-state index in [1.165, 1.54) is 4.90 Å². The van der Waals surface area contributed by atoms with Crippen molar-refractivity contribution in [2.75, 3.05) is 6.54 Å². The van der Waals surface area contributed by atoms with Gasteiger partial charge in [-0.05, 0) is 33.6 Å². The number of nitrogens with two attached hydrogens (primary N) is 1. The van der Waals surface area contributed by atoms with Crippen molar-refractivity contribution in [3.05, 3.63) is 0 Å². The number of likely N-dealkylation sites (tertiary alicyclic amines) is 1. The zero-order valence-corrected chi connectivity index (χ0v) is 12.5. The smallest absolute Gasteiger partial charge is 0.307 e. The molecule has 1 saturated heterocycles. The summed E-state index contributed by atoms with van der Waals surface area (Å²) in [5.74, 6) is -0.655. The van der Waals surface area contributed by atoms with Crippen LogP contribution < -0.4 is 5.73 Å². The van der Waals surface area contributed by atoms with E-state index in [-0.39, 0.29) is 30.7 Å². The van der Waals surface area contributed by atoms with Gasteiger partial charge in [0.05, 0.1) is 6.42 Å². The molecule has 0 spiro atoms. The summed E-state index contributed by atoms with van der Waals surface area (Å²) in [5, 5.41) is 0. The molecule has 1 aliphatic heterocycles. The fourth-order valence-corrected chi connectivity index (χ4v) is 2.04. The third-order valence-electron chi connectivity index (χ3n) is 2.96. The first-order valence-corrected chi connectivity index (χ1v) is 6.99. The fraction of sp³-hybridized carbons (Fsp3) is 0.786. The van der Waals surface area contributed by atoms with Gasteiger partial charge in [0, 0.05) is 25.4 Å². The van der Waals surface area contributed by atoms with Crippen LogP contribution in [0.4, 0.5) is 0 Å². The zero-order valence-electron chi connectivity index (χ0n) is 12.5. The van der Waals surface area contributed by atoms with E-state index in [1.54, 1.807) is 20.8 Å². The van der Waals surface area contributed by atoms with Crippen LogP contribution in [0.15, 0.2) is 0 Å². The lowest BCUT2D eigenvalue weighted by atomic mass is 10.1. The summed E-state index contributed by atoms with van der Waals surface area (Å²) in [6.45, 7) is 5.66. The first kappa shape index (κ1) is 16.6. The highest BCUT2D eigenvalue weighted by atomic mass is 16.6. The fourth-order valence-electron chi connectivity index (χ4n) is 2.04. The molecule has 0 saturated carbocycles. The number of carbonyl (C=O) groups excluding carboxylic acids is 3. The van der Waals surface area contributed by atoms with E-state index in [1.807, 2.05) is 0 Å². The Morgan fingerprint density at radius 3 is 2.35 bits per heavy atom. The predicted octanol–water partition coefficient (Wildman–Crippen LogP) is 0.975. The Kier molecular flexibility index (Phi) is 5.68. The van der Waals surface area contributed by atoms with Gasteiger partial charge in [0.15, 0.2) is 0 Å². The molecule has 1 fully saturated rings. The Morgan fingerprint density at radius 2 is 1.85 bits per heavy atom. The van der Waals surface area contributed by atoms with Crippen LogP contribution in [0.25, 0.3) is 0 Å². The van der Waals surface area contributed by atoms with Crippen molar-refractivity contribution in [1.29, 1.82) is 0 Å². The minimum atomic E-state index is -0.532. The van der Waals surface area contributed by atoms with Crippen molar-refractivity contribution < 1.29 is 19.1 Å². The van der Waals surface area contributed by atoms with E-state index < -0.39 is 11.6 Å². The summed E-state index contributed by atoms with van der Waals surface area (Å²) in [5.41, 5.74) is 5.32.